The quantitative estimate of drug-likeness (QED) is 0.677. The van der Waals surface area contributed by atoms with Crippen molar-refractivity contribution in [3.63, 3.8) is 0 Å². The van der Waals surface area contributed by atoms with Gasteiger partial charge in [-0.2, -0.15) is 0 Å². The number of hydrogen-bond acceptors (Lipinski definition) is 3. The van der Waals surface area contributed by atoms with Gasteiger partial charge < -0.3 is 10.2 Å². The summed E-state index contributed by atoms with van der Waals surface area (Å²) in [5.41, 5.74) is 4.49. The number of rotatable bonds is 4. The Bertz CT molecular complexity index is 355. The molecular weight excluding hydrogens is 209 g/mol. The third-order valence-corrected chi connectivity index (χ3v) is 3.12. The highest BCUT2D eigenvalue weighted by molar-refractivity contribution is 5.23. The van der Waals surface area contributed by atoms with Crippen molar-refractivity contribution < 1.29 is 14.6 Å². The van der Waals surface area contributed by atoms with Gasteiger partial charge in [0, 0.05) is 18.1 Å². The lowest BCUT2D eigenvalue weighted by Gasteiger charge is -2.33. The Morgan fingerprint density at radius 1 is 1.44 bits per heavy atom. The van der Waals surface area contributed by atoms with Crippen LogP contribution in [0.25, 0.3) is 0 Å². The van der Waals surface area contributed by atoms with E-state index in [1.54, 1.807) is 19.9 Å². The monoisotopic (exact) mass is 227 g/mol. The number of benzene rings is 1. The van der Waals surface area contributed by atoms with Crippen molar-refractivity contribution in [2.24, 2.45) is 17.6 Å². The molecule has 0 aliphatic heterocycles. The third kappa shape index (κ3) is 2.58. The molecular formula is C12H18FNO2. The molecule has 3 atom stereocenters. The lowest BCUT2D eigenvalue weighted by molar-refractivity contribution is -0.0420. The normalized spacial score (nSPS) is 18.9. The van der Waals surface area contributed by atoms with Crippen molar-refractivity contribution in [2.75, 3.05) is 6.61 Å². The summed E-state index contributed by atoms with van der Waals surface area (Å²) in [6, 6.07) is 5.57. The highest BCUT2D eigenvalue weighted by Crippen LogP contribution is 2.29. The fourth-order valence-electron chi connectivity index (χ4n) is 1.59. The van der Waals surface area contributed by atoms with Crippen LogP contribution in [0.5, 0.6) is 0 Å². The summed E-state index contributed by atoms with van der Waals surface area (Å²) in [4.78, 5) is 0. The van der Waals surface area contributed by atoms with E-state index in [0.717, 1.165) is 0 Å². The smallest absolute Gasteiger partial charge is 0.142 e. The summed E-state index contributed by atoms with van der Waals surface area (Å²) in [7, 11) is 0. The van der Waals surface area contributed by atoms with Crippen LogP contribution in [0.4, 0.5) is 4.39 Å². The molecule has 0 aliphatic rings. The maximum Gasteiger partial charge on any atom is 0.142 e. The SMILES string of the molecule is CC(CO)C(C)C(N)(O)c1cccc(F)c1. The van der Waals surface area contributed by atoms with Gasteiger partial charge >= 0.3 is 0 Å². The zero-order valence-electron chi connectivity index (χ0n) is 9.52. The van der Waals surface area contributed by atoms with E-state index in [4.69, 9.17) is 10.8 Å². The Morgan fingerprint density at radius 3 is 2.56 bits per heavy atom. The first-order chi connectivity index (χ1) is 7.39. The maximum absolute atomic E-state index is 13.0. The Morgan fingerprint density at radius 2 is 2.06 bits per heavy atom. The third-order valence-electron chi connectivity index (χ3n) is 3.12. The first-order valence-corrected chi connectivity index (χ1v) is 5.27. The molecule has 0 spiro atoms. The van der Waals surface area contributed by atoms with Crippen molar-refractivity contribution in [1.82, 2.24) is 0 Å². The summed E-state index contributed by atoms with van der Waals surface area (Å²) in [5.74, 6) is -0.984. The van der Waals surface area contributed by atoms with E-state index in [9.17, 15) is 9.50 Å². The molecule has 0 aliphatic carbocycles. The summed E-state index contributed by atoms with van der Waals surface area (Å²) in [5, 5.41) is 19.2. The number of nitrogens with two attached hydrogens (primary N) is 1. The van der Waals surface area contributed by atoms with Crippen LogP contribution in [-0.2, 0) is 5.72 Å². The standard InChI is InChI=1S/C12H18FNO2/c1-8(7-15)9(2)12(14,16)10-4-3-5-11(13)6-10/h3-6,8-9,15-16H,7,14H2,1-2H3. The van der Waals surface area contributed by atoms with Gasteiger partial charge in [0.2, 0.25) is 0 Å². The highest BCUT2D eigenvalue weighted by atomic mass is 19.1. The van der Waals surface area contributed by atoms with Crippen LogP contribution in [0, 0.1) is 17.7 Å². The Hall–Kier alpha value is -0.970. The molecule has 0 fully saturated rings. The summed E-state index contributed by atoms with van der Waals surface area (Å²) >= 11 is 0. The number of halogens is 1. The number of hydrogen-bond donors (Lipinski definition) is 3. The molecule has 4 heteroatoms. The molecule has 0 bridgehead atoms. The Balaban J connectivity index is 3.01. The summed E-state index contributed by atoms with van der Waals surface area (Å²) in [6.45, 7) is 3.43. The van der Waals surface area contributed by atoms with E-state index in [0.29, 0.717) is 5.56 Å². The number of aliphatic hydroxyl groups excluding tert-OH is 1. The molecule has 0 radical (unpaired) electrons. The molecule has 1 aromatic rings. The van der Waals surface area contributed by atoms with E-state index in [1.807, 2.05) is 0 Å². The van der Waals surface area contributed by atoms with Gasteiger partial charge in [-0.3, -0.25) is 5.73 Å². The molecule has 0 saturated heterocycles. The van der Waals surface area contributed by atoms with Crippen LogP contribution in [0.1, 0.15) is 19.4 Å². The molecule has 4 N–H and O–H groups in total. The van der Waals surface area contributed by atoms with Crippen LogP contribution >= 0.6 is 0 Å². The van der Waals surface area contributed by atoms with Gasteiger partial charge in [0.1, 0.15) is 11.5 Å². The van der Waals surface area contributed by atoms with E-state index in [1.165, 1.54) is 18.2 Å². The van der Waals surface area contributed by atoms with Gasteiger partial charge in [0.15, 0.2) is 0 Å². The van der Waals surface area contributed by atoms with E-state index in [-0.39, 0.29) is 18.4 Å². The van der Waals surface area contributed by atoms with Crippen LogP contribution < -0.4 is 5.73 Å². The van der Waals surface area contributed by atoms with Crippen molar-refractivity contribution in [3.8, 4) is 0 Å². The molecule has 0 aromatic heterocycles. The minimum atomic E-state index is -1.63. The predicted octanol–water partition coefficient (Wildman–Crippen LogP) is 1.19. The average Bonchev–Trinajstić information content (AvgIpc) is 2.27. The summed E-state index contributed by atoms with van der Waals surface area (Å²) in [6.07, 6.45) is 0. The van der Waals surface area contributed by atoms with E-state index in [2.05, 4.69) is 0 Å². The number of aliphatic hydroxyl groups is 2. The zero-order valence-corrected chi connectivity index (χ0v) is 9.52. The summed E-state index contributed by atoms with van der Waals surface area (Å²) < 4.78 is 13.0. The molecule has 0 heterocycles. The topological polar surface area (TPSA) is 66.5 Å². The lowest BCUT2D eigenvalue weighted by atomic mass is 9.82. The van der Waals surface area contributed by atoms with Gasteiger partial charge in [-0.25, -0.2) is 4.39 Å². The minimum absolute atomic E-state index is 0.0734. The van der Waals surface area contributed by atoms with Crippen molar-refractivity contribution >= 4 is 0 Å². The second kappa shape index (κ2) is 4.91. The van der Waals surface area contributed by atoms with Crippen LogP contribution in [-0.4, -0.2) is 16.8 Å². The highest BCUT2D eigenvalue weighted by Gasteiger charge is 2.34. The van der Waals surface area contributed by atoms with Crippen LogP contribution in [0.2, 0.25) is 0 Å². The predicted molar refractivity (Wildman–Crippen MR) is 59.9 cm³/mol. The molecule has 0 saturated carbocycles. The van der Waals surface area contributed by atoms with Gasteiger partial charge in [0.25, 0.3) is 0 Å². The van der Waals surface area contributed by atoms with Crippen molar-refractivity contribution in [2.45, 2.75) is 19.6 Å². The molecule has 0 amide bonds. The fourth-order valence-corrected chi connectivity index (χ4v) is 1.59. The fraction of sp³-hybridized carbons (Fsp3) is 0.500. The van der Waals surface area contributed by atoms with Gasteiger partial charge in [0.05, 0.1) is 0 Å². The van der Waals surface area contributed by atoms with Gasteiger partial charge in [-0.1, -0.05) is 26.0 Å². The van der Waals surface area contributed by atoms with Crippen molar-refractivity contribution in [3.05, 3.63) is 35.6 Å². The lowest BCUT2D eigenvalue weighted by Crippen LogP contribution is -2.46. The van der Waals surface area contributed by atoms with Crippen LogP contribution in [0.3, 0.4) is 0 Å². The Kier molecular flexibility index (Phi) is 4.02. The zero-order chi connectivity index (χ0) is 12.3. The molecule has 3 unspecified atom stereocenters. The molecule has 90 valence electrons. The van der Waals surface area contributed by atoms with Gasteiger partial charge in [-0.05, 0) is 18.1 Å². The van der Waals surface area contributed by atoms with Crippen molar-refractivity contribution in [1.29, 1.82) is 0 Å². The van der Waals surface area contributed by atoms with E-state index >= 15 is 0 Å². The second-order valence-electron chi connectivity index (χ2n) is 4.28. The molecule has 16 heavy (non-hydrogen) atoms. The second-order valence-corrected chi connectivity index (χ2v) is 4.28. The minimum Gasteiger partial charge on any atom is -0.396 e. The molecule has 1 rings (SSSR count). The largest absolute Gasteiger partial charge is 0.396 e. The molecule has 3 nitrogen and oxygen atoms in total. The maximum atomic E-state index is 13.0. The average molecular weight is 227 g/mol. The first kappa shape index (κ1) is 13.1. The molecule has 1 aromatic carbocycles. The first-order valence-electron chi connectivity index (χ1n) is 5.27. The Labute approximate surface area is 94.7 Å². The van der Waals surface area contributed by atoms with E-state index < -0.39 is 11.5 Å². The van der Waals surface area contributed by atoms with Crippen LogP contribution in [0.15, 0.2) is 24.3 Å². The van der Waals surface area contributed by atoms with Gasteiger partial charge in [-0.15, -0.1) is 0 Å².